The quantitative estimate of drug-likeness (QED) is 0.660. The van der Waals surface area contributed by atoms with Crippen molar-refractivity contribution in [3.05, 3.63) is 58.1 Å². The number of halogens is 3. The Morgan fingerprint density at radius 3 is 2.70 bits per heavy atom. The molecule has 1 atom stereocenters. The van der Waals surface area contributed by atoms with Crippen LogP contribution in [-0.2, 0) is 0 Å². The van der Waals surface area contributed by atoms with E-state index in [-0.39, 0.29) is 12.4 Å². The zero-order valence-corrected chi connectivity index (χ0v) is 11.9. The third-order valence-corrected chi connectivity index (χ3v) is 3.11. The lowest BCUT2D eigenvalue weighted by molar-refractivity contribution is 0.105. The lowest BCUT2D eigenvalue weighted by atomic mass is 10.1. The molecule has 2 rings (SSSR count). The molecule has 0 aliphatic heterocycles. The van der Waals surface area contributed by atoms with Crippen LogP contribution in [0.2, 0.25) is 0 Å². The molecule has 0 aliphatic carbocycles. The van der Waals surface area contributed by atoms with Gasteiger partial charge in [0.15, 0.2) is 11.6 Å². The highest BCUT2D eigenvalue weighted by Crippen LogP contribution is 2.26. The van der Waals surface area contributed by atoms with Crippen LogP contribution in [0.3, 0.4) is 0 Å². The molecule has 0 amide bonds. The Morgan fingerprint density at radius 2 is 2.00 bits per heavy atom. The summed E-state index contributed by atoms with van der Waals surface area (Å²) in [6, 6.07) is 8.92. The first-order chi connectivity index (χ1) is 9.47. The van der Waals surface area contributed by atoms with Crippen molar-refractivity contribution in [2.45, 2.75) is 6.10 Å². The van der Waals surface area contributed by atoms with Crippen molar-refractivity contribution in [3.63, 3.8) is 0 Å². The molecule has 1 unspecified atom stereocenters. The summed E-state index contributed by atoms with van der Waals surface area (Å²) >= 11 is 3.04. The van der Waals surface area contributed by atoms with Gasteiger partial charge in [-0.15, -0.1) is 0 Å². The third kappa shape index (κ3) is 3.46. The van der Waals surface area contributed by atoms with E-state index in [0.29, 0.717) is 15.7 Å². The fourth-order valence-electron chi connectivity index (χ4n) is 1.67. The third-order valence-electron chi connectivity index (χ3n) is 2.65. The molecule has 2 aromatic rings. The number of ether oxygens (including phenoxy) is 1. The van der Waals surface area contributed by atoms with Crippen molar-refractivity contribution in [2.24, 2.45) is 0 Å². The van der Waals surface area contributed by atoms with Crippen molar-refractivity contribution in [2.75, 3.05) is 12.3 Å². The van der Waals surface area contributed by atoms with Gasteiger partial charge in [0.2, 0.25) is 5.82 Å². The Labute approximate surface area is 123 Å². The summed E-state index contributed by atoms with van der Waals surface area (Å²) in [4.78, 5) is 0. The minimum Gasteiger partial charge on any atom is -0.487 e. The molecule has 0 saturated carbocycles. The first-order valence-corrected chi connectivity index (χ1v) is 6.57. The second-order valence-corrected chi connectivity index (χ2v) is 5.11. The predicted octanol–water partition coefficient (Wildman–Crippen LogP) is 3.42. The minimum atomic E-state index is -1.09. The number of anilines is 1. The number of nitrogen functional groups attached to an aromatic ring is 1. The summed E-state index contributed by atoms with van der Waals surface area (Å²) in [5.74, 6) is -2.37. The van der Waals surface area contributed by atoms with Gasteiger partial charge in [0.25, 0.3) is 0 Å². The van der Waals surface area contributed by atoms with Gasteiger partial charge < -0.3 is 15.6 Å². The maximum absolute atomic E-state index is 13.5. The van der Waals surface area contributed by atoms with Gasteiger partial charge in [-0.25, -0.2) is 4.39 Å². The number of nitrogens with two attached hydrogens (primary N) is 1. The highest BCUT2D eigenvalue weighted by molar-refractivity contribution is 9.10. The topological polar surface area (TPSA) is 55.5 Å². The highest BCUT2D eigenvalue weighted by Gasteiger charge is 2.14. The van der Waals surface area contributed by atoms with Crippen molar-refractivity contribution < 1.29 is 18.6 Å². The number of rotatable bonds is 4. The van der Waals surface area contributed by atoms with Crippen LogP contribution in [0.4, 0.5) is 14.5 Å². The van der Waals surface area contributed by atoms with Crippen molar-refractivity contribution in [3.8, 4) is 5.75 Å². The van der Waals surface area contributed by atoms with E-state index in [1.807, 2.05) is 0 Å². The molecule has 3 nitrogen and oxygen atoms in total. The average Bonchev–Trinajstić information content (AvgIpc) is 2.40. The van der Waals surface area contributed by atoms with Gasteiger partial charge in [-0.1, -0.05) is 28.1 Å². The summed E-state index contributed by atoms with van der Waals surface area (Å²) in [6.45, 7) is -0.212. The lowest BCUT2D eigenvalue weighted by Gasteiger charge is -2.14. The zero-order chi connectivity index (χ0) is 14.7. The first kappa shape index (κ1) is 14.7. The maximum atomic E-state index is 13.5. The maximum Gasteiger partial charge on any atom is 0.200 e. The minimum absolute atomic E-state index is 0.212. The van der Waals surface area contributed by atoms with E-state index in [2.05, 4.69) is 15.9 Å². The fourth-order valence-corrected chi connectivity index (χ4v) is 2.08. The van der Waals surface area contributed by atoms with Crippen molar-refractivity contribution in [1.82, 2.24) is 0 Å². The van der Waals surface area contributed by atoms with Gasteiger partial charge in [0.05, 0.1) is 0 Å². The lowest BCUT2D eigenvalue weighted by Crippen LogP contribution is -2.11. The number of benzene rings is 2. The Bertz CT molecular complexity index is 622. The van der Waals surface area contributed by atoms with Gasteiger partial charge in [-0.05, 0) is 29.8 Å². The number of aliphatic hydroxyl groups excluding tert-OH is 1. The Hall–Kier alpha value is -1.66. The summed E-state index contributed by atoms with van der Waals surface area (Å²) in [5.41, 5.74) is 6.64. The average molecular weight is 344 g/mol. The molecular formula is C14H12BrF2NO2. The molecule has 2 aromatic carbocycles. The van der Waals surface area contributed by atoms with Crippen LogP contribution in [0.1, 0.15) is 11.7 Å². The van der Waals surface area contributed by atoms with E-state index in [1.54, 1.807) is 24.3 Å². The summed E-state index contributed by atoms with van der Waals surface area (Å²) in [7, 11) is 0. The standard InChI is InChI=1S/C14H12BrF2NO2/c15-9-5-11(16)14(17)13(6-9)20-7-12(19)8-2-1-3-10(18)4-8/h1-6,12,19H,7,18H2. The summed E-state index contributed by atoms with van der Waals surface area (Å²) in [6.07, 6.45) is -0.986. The summed E-state index contributed by atoms with van der Waals surface area (Å²) in [5, 5.41) is 9.93. The molecule has 0 bridgehead atoms. The molecule has 6 heteroatoms. The molecule has 0 radical (unpaired) electrons. The van der Waals surface area contributed by atoms with E-state index in [0.717, 1.165) is 6.07 Å². The Morgan fingerprint density at radius 1 is 1.25 bits per heavy atom. The normalized spacial score (nSPS) is 12.2. The van der Waals surface area contributed by atoms with Crippen LogP contribution >= 0.6 is 15.9 Å². The van der Waals surface area contributed by atoms with Crippen molar-refractivity contribution in [1.29, 1.82) is 0 Å². The smallest absolute Gasteiger partial charge is 0.200 e. The van der Waals surface area contributed by atoms with E-state index < -0.39 is 17.7 Å². The van der Waals surface area contributed by atoms with Gasteiger partial charge in [0.1, 0.15) is 12.7 Å². The molecule has 0 aliphatic rings. The number of hydrogen-bond donors (Lipinski definition) is 2. The zero-order valence-electron chi connectivity index (χ0n) is 10.3. The SMILES string of the molecule is Nc1cccc(C(O)COc2cc(Br)cc(F)c2F)c1. The molecule has 0 aromatic heterocycles. The monoisotopic (exact) mass is 343 g/mol. The Balaban J connectivity index is 2.09. The second-order valence-electron chi connectivity index (χ2n) is 4.20. The highest BCUT2D eigenvalue weighted by atomic mass is 79.9. The van der Waals surface area contributed by atoms with Crippen molar-refractivity contribution >= 4 is 21.6 Å². The molecule has 0 saturated heterocycles. The molecule has 0 spiro atoms. The Kier molecular flexibility index (Phi) is 4.57. The molecule has 20 heavy (non-hydrogen) atoms. The van der Waals surface area contributed by atoms with Crippen LogP contribution in [0, 0.1) is 11.6 Å². The number of hydrogen-bond acceptors (Lipinski definition) is 3. The van der Waals surface area contributed by atoms with E-state index in [1.165, 1.54) is 6.07 Å². The number of aliphatic hydroxyl groups is 1. The largest absolute Gasteiger partial charge is 0.487 e. The first-order valence-electron chi connectivity index (χ1n) is 5.78. The van der Waals surface area contributed by atoms with Crippen LogP contribution in [0.5, 0.6) is 5.75 Å². The molecule has 3 N–H and O–H groups in total. The van der Waals surface area contributed by atoms with E-state index >= 15 is 0 Å². The summed E-state index contributed by atoms with van der Waals surface area (Å²) < 4.78 is 32.1. The van der Waals surface area contributed by atoms with Crippen LogP contribution in [-0.4, -0.2) is 11.7 Å². The van der Waals surface area contributed by atoms with Gasteiger partial charge in [-0.3, -0.25) is 0 Å². The molecule has 0 heterocycles. The van der Waals surface area contributed by atoms with E-state index in [4.69, 9.17) is 10.5 Å². The fraction of sp³-hybridized carbons (Fsp3) is 0.143. The van der Waals surface area contributed by atoms with Gasteiger partial charge in [0, 0.05) is 10.2 Å². The van der Waals surface area contributed by atoms with Crippen LogP contribution in [0.15, 0.2) is 40.9 Å². The molecule has 0 fully saturated rings. The van der Waals surface area contributed by atoms with Gasteiger partial charge in [-0.2, -0.15) is 4.39 Å². The predicted molar refractivity (Wildman–Crippen MR) is 75.4 cm³/mol. The molecular weight excluding hydrogens is 332 g/mol. The van der Waals surface area contributed by atoms with E-state index in [9.17, 15) is 13.9 Å². The van der Waals surface area contributed by atoms with Gasteiger partial charge >= 0.3 is 0 Å². The van der Waals surface area contributed by atoms with Crippen LogP contribution < -0.4 is 10.5 Å². The van der Waals surface area contributed by atoms with Crippen LogP contribution in [0.25, 0.3) is 0 Å². The molecule has 106 valence electrons. The second kappa shape index (κ2) is 6.19.